The number of nitrogens with zero attached hydrogens (tertiary/aromatic N) is 5. The van der Waals surface area contributed by atoms with Crippen molar-refractivity contribution in [1.29, 1.82) is 0 Å². The summed E-state index contributed by atoms with van der Waals surface area (Å²) in [6.07, 6.45) is -6.59. The maximum Gasteiger partial charge on any atom is 0.403 e. The molecule has 43 heavy (non-hydrogen) atoms. The van der Waals surface area contributed by atoms with Crippen molar-refractivity contribution in [3.63, 3.8) is 0 Å². The third-order valence-electron chi connectivity index (χ3n) is 7.07. The molecule has 10 atom stereocenters. The Morgan fingerprint density at radius 2 is 1.47 bits per heavy atom. The van der Waals surface area contributed by atoms with Gasteiger partial charge in [-0.1, -0.05) is 0 Å². The molecule has 6 heterocycles. The largest absolute Gasteiger partial charge is 0.403 e. The van der Waals surface area contributed by atoms with Crippen LogP contribution < -0.4 is 32.9 Å². The van der Waals surface area contributed by atoms with E-state index in [0.717, 1.165) is 10.9 Å². The van der Waals surface area contributed by atoms with E-state index in [0.29, 0.717) is 0 Å². The second kappa shape index (κ2) is 10.8. The minimum atomic E-state index is -4.80. The smallest absolute Gasteiger partial charge is 0.387 e. The van der Waals surface area contributed by atoms with E-state index in [1.807, 2.05) is 0 Å². The van der Waals surface area contributed by atoms with E-state index >= 15 is 0 Å². The van der Waals surface area contributed by atoms with Crippen LogP contribution in [0.5, 0.6) is 0 Å². The minimum absolute atomic E-state index is 0.0154. The molecule has 0 amide bonds. The number of imidazole rings is 1. The van der Waals surface area contributed by atoms with E-state index in [-0.39, 0.29) is 22.9 Å². The summed E-state index contributed by atoms with van der Waals surface area (Å²) in [7, 11) is -9.60. The van der Waals surface area contributed by atoms with E-state index in [4.69, 9.17) is 30.0 Å². The SMILES string of the molecule is Nc1ccn(C2O[C@@H]3COP(=O)(O)N[C@H]4[C@@H](O)[C@H](n5cnc6c(=O)nc(N)[nH]c65)O[C@@H]4COP(=O)(O)N[C@H]3[C@H]2O)c(=O)n1. The molecule has 3 unspecified atom stereocenters. The number of rotatable bonds is 2. The second-order valence-corrected chi connectivity index (χ2v) is 13.0. The van der Waals surface area contributed by atoms with Gasteiger partial charge in [0.25, 0.3) is 0 Å². The Balaban J connectivity index is 1.28. The van der Waals surface area contributed by atoms with Crippen molar-refractivity contribution >= 4 is 38.4 Å². The number of ether oxygens (including phenoxy) is 2. The van der Waals surface area contributed by atoms with Crippen LogP contribution in [0.3, 0.4) is 0 Å². The lowest BCUT2D eigenvalue weighted by molar-refractivity contribution is -0.0517. The lowest BCUT2D eigenvalue weighted by Gasteiger charge is -2.29. The van der Waals surface area contributed by atoms with Gasteiger partial charge in [-0.3, -0.25) is 23.0 Å². The zero-order valence-corrected chi connectivity index (χ0v) is 23.4. The van der Waals surface area contributed by atoms with Gasteiger partial charge in [-0.25, -0.2) is 29.1 Å². The standard InChI is InChI=1S/C19H26N10O12P2/c20-8-1-2-28(19(33)23-8)16-12(30)9-6(40-16)3-38-43(36,37)27-10-7(4-39-42(34,35)26-9)41-17(13(10)31)29-5-22-11-14(29)24-18(21)25-15(11)32/h1-2,5-7,9-10,12-13,16-17,30-31H,3-4H2,(H2,20,23,33)(H2,26,34,35)(H2,27,36,37)(H3,21,24,25,32)/t6-,7-,9-,10-,12-,13-,16?,17-/m1/s1. The Hall–Kier alpha value is -3.11. The zero-order chi connectivity index (χ0) is 30.8. The molecule has 3 aromatic heterocycles. The number of fused-ring (bicyclic) bond motifs is 3. The highest BCUT2D eigenvalue weighted by Gasteiger charge is 2.52. The molecule has 6 rings (SSSR count). The van der Waals surface area contributed by atoms with Gasteiger partial charge in [0.05, 0.1) is 31.6 Å². The van der Waals surface area contributed by atoms with Crippen molar-refractivity contribution in [2.45, 2.75) is 49.0 Å². The first-order valence-corrected chi connectivity index (χ1v) is 15.6. The number of aromatic nitrogens is 6. The highest BCUT2D eigenvalue weighted by molar-refractivity contribution is 7.50. The summed E-state index contributed by atoms with van der Waals surface area (Å²) in [6.45, 7) is -1.49. The van der Waals surface area contributed by atoms with E-state index in [1.54, 1.807) is 0 Å². The van der Waals surface area contributed by atoms with Gasteiger partial charge in [0.2, 0.25) is 5.95 Å². The summed E-state index contributed by atoms with van der Waals surface area (Å²) in [5, 5.41) is 26.6. The Morgan fingerprint density at radius 3 is 2.02 bits per heavy atom. The normalized spacial score (nSPS) is 38.7. The molecule has 3 fully saturated rings. The monoisotopic (exact) mass is 648 g/mol. The van der Waals surface area contributed by atoms with Gasteiger partial charge in [0.1, 0.15) is 35.9 Å². The van der Waals surface area contributed by atoms with Crippen molar-refractivity contribution in [2.75, 3.05) is 24.7 Å². The van der Waals surface area contributed by atoms with Crippen LogP contribution in [-0.2, 0) is 27.7 Å². The van der Waals surface area contributed by atoms with E-state index in [9.17, 15) is 38.7 Å². The number of anilines is 2. The first-order chi connectivity index (χ1) is 20.2. The number of aliphatic hydroxyl groups is 2. The molecule has 234 valence electrons. The van der Waals surface area contributed by atoms with Crippen molar-refractivity contribution in [1.82, 2.24) is 39.2 Å². The van der Waals surface area contributed by atoms with Crippen LogP contribution in [0.1, 0.15) is 12.5 Å². The van der Waals surface area contributed by atoms with Crippen molar-refractivity contribution in [2.24, 2.45) is 0 Å². The summed E-state index contributed by atoms with van der Waals surface area (Å²) >= 11 is 0. The van der Waals surface area contributed by atoms with Crippen LogP contribution in [0, 0.1) is 0 Å². The number of nitrogen functional groups attached to an aromatic ring is 2. The molecule has 24 heteroatoms. The maximum absolute atomic E-state index is 13.1. The van der Waals surface area contributed by atoms with Crippen LogP contribution in [0.25, 0.3) is 11.2 Å². The van der Waals surface area contributed by atoms with Gasteiger partial charge in [-0.05, 0) is 6.07 Å². The summed E-state index contributed by atoms with van der Waals surface area (Å²) < 4.78 is 50.1. The van der Waals surface area contributed by atoms with Crippen LogP contribution in [-0.4, -0.2) is 98.8 Å². The fourth-order valence-electron chi connectivity index (χ4n) is 5.11. The molecule has 3 aliphatic heterocycles. The molecule has 3 aromatic rings. The summed E-state index contributed by atoms with van der Waals surface area (Å²) in [5.74, 6) is -0.356. The molecule has 0 aliphatic carbocycles. The molecule has 0 bridgehead atoms. The number of aromatic amines is 1. The molecule has 0 radical (unpaired) electrons. The average molecular weight is 648 g/mol. The lowest BCUT2D eigenvalue weighted by Crippen LogP contribution is -2.48. The van der Waals surface area contributed by atoms with Gasteiger partial charge in [0.15, 0.2) is 18.0 Å². The molecular weight excluding hydrogens is 622 g/mol. The quantitative estimate of drug-likeness (QED) is 0.120. The van der Waals surface area contributed by atoms with Crippen LogP contribution in [0.15, 0.2) is 28.2 Å². The third-order valence-corrected chi connectivity index (χ3v) is 9.31. The fraction of sp³-hybridized carbons (Fsp3) is 0.526. The molecule has 11 N–H and O–H groups in total. The number of nitrogens with two attached hydrogens (primary N) is 2. The van der Waals surface area contributed by atoms with E-state index < -0.39 is 88.9 Å². The predicted molar refractivity (Wildman–Crippen MR) is 141 cm³/mol. The van der Waals surface area contributed by atoms with Crippen molar-refractivity contribution < 1.29 is 47.7 Å². The number of H-pyrrole nitrogens is 1. The number of aliphatic hydroxyl groups excluding tert-OH is 2. The van der Waals surface area contributed by atoms with E-state index in [1.165, 1.54) is 16.8 Å². The van der Waals surface area contributed by atoms with Gasteiger partial charge in [0, 0.05) is 6.20 Å². The minimum Gasteiger partial charge on any atom is -0.387 e. The maximum atomic E-state index is 13.1. The van der Waals surface area contributed by atoms with Crippen LogP contribution in [0.4, 0.5) is 11.8 Å². The fourth-order valence-corrected chi connectivity index (χ4v) is 7.35. The Morgan fingerprint density at radius 1 is 0.907 bits per heavy atom. The second-order valence-electron chi connectivity index (χ2n) is 9.87. The summed E-state index contributed by atoms with van der Waals surface area (Å²) in [5.41, 5.74) is 9.35. The molecule has 0 aromatic carbocycles. The molecule has 0 spiro atoms. The van der Waals surface area contributed by atoms with Gasteiger partial charge >= 0.3 is 26.7 Å². The van der Waals surface area contributed by atoms with E-state index in [2.05, 4.69) is 30.1 Å². The van der Waals surface area contributed by atoms with Gasteiger partial charge in [-0.15, -0.1) is 0 Å². The Labute approximate surface area is 238 Å². The molecule has 22 nitrogen and oxygen atoms in total. The molecule has 3 saturated heterocycles. The molecule has 3 aliphatic rings. The van der Waals surface area contributed by atoms with Crippen LogP contribution >= 0.6 is 15.5 Å². The molecular formula is C19H26N10O12P2. The summed E-state index contributed by atoms with van der Waals surface area (Å²) in [4.78, 5) is 59.4. The van der Waals surface area contributed by atoms with Crippen LogP contribution in [0.2, 0.25) is 0 Å². The first kappa shape index (κ1) is 29.9. The third kappa shape index (κ3) is 5.64. The predicted octanol–water partition coefficient (Wildman–Crippen LogP) is -3.78. The first-order valence-electron chi connectivity index (χ1n) is 12.5. The summed E-state index contributed by atoms with van der Waals surface area (Å²) in [6, 6.07) is -1.65. The number of hydrogen-bond acceptors (Lipinski definition) is 15. The number of hydrogen-bond donors (Lipinski definition) is 9. The Kier molecular flexibility index (Phi) is 7.52. The average Bonchev–Trinajstić information content (AvgIpc) is 3.56. The molecule has 0 saturated carbocycles. The Bertz CT molecular complexity index is 1770. The lowest BCUT2D eigenvalue weighted by atomic mass is 10.1. The van der Waals surface area contributed by atoms with Gasteiger partial charge in [-0.2, -0.15) is 9.97 Å². The van der Waals surface area contributed by atoms with Gasteiger partial charge < -0.3 is 45.9 Å². The topological polar surface area (TPSA) is 327 Å². The number of nitrogens with one attached hydrogen (secondary N) is 3. The van der Waals surface area contributed by atoms with Crippen molar-refractivity contribution in [3.05, 3.63) is 39.4 Å². The highest BCUT2D eigenvalue weighted by atomic mass is 31.2. The zero-order valence-electron chi connectivity index (χ0n) is 21.6. The highest BCUT2D eigenvalue weighted by Crippen LogP contribution is 2.47. The van der Waals surface area contributed by atoms with Crippen molar-refractivity contribution in [3.8, 4) is 0 Å².